The SMILES string of the molecule is Cc1oc(-c2ccc(C(F)(F)F)cc2)nc1CCOc1cccc2c1CCC=C2. The topological polar surface area (TPSA) is 35.3 Å². The van der Waals surface area contributed by atoms with Crippen LogP contribution in [0.25, 0.3) is 17.5 Å². The Bertz CT molecular complexity index is 1030. The van der Waals surface area contributed by atoms with Crippen molar-refractivity contribution < 1.29 is 22.3 Å². The fraction of sp³-hybridized carbons (Fsp3) is 0.261. The van der Waals surface area contributed by atoms with Crippen LogP contribution in [0.1, 0.15) is 34.6 Å². The van der Waals surface area contributed by atoms with Crippen molar-refractivity contribution in [3.63, 3.8) is 0 Å². The number of rotatable bonds is 5. The molecule has 0 atom stereocenters. The number of hydrogen-bond donors (Lipinski definition) is 0. The molecule has 3 aromatic rings. The smallest absolute Gasteiger partial charge is 0.416 e. The summed E-state index contributed by atoms with van der Waals surface area (Å²) in [7, 11) is 0. The highest BCUT2D eigenvalue weighted by Gasteiger charge is 2.30. The summed E-state index contributed by atoms with van der Waals surface area (Å²) in [4.78, 5) is 4.45. The van der Waals surface area contributed by atoms with E-state index < -0.39 is 11.7 Å². The largest absolute Gasteiger partial charge is 0.493 e. The predicted molar refractivity (Wildman–Crippen MR) is 105 cm³/mol. The highest BCUT2D eigenvalue weighted by Crippen LogP contribution is 2.31. The molecule has 0 bridgehead atoms. The maximum absolute atomic E-state index is 12.7. The van der Waals surface area contributed by atoms with Crippen molar-refractivity contribution in [1.29, 1.82) is 0 Å². The van der Waals surface area contributed by atoms with Gasteiger partial charge in [-0.3, -0.25) is 0 Å². The van der Waals surface area contributed by atoms with E-state index >= 15 is 0 Å². The second-order valence-corrected chi connectivity index (χ2v) is 6.96. The fourth-order valence-electron chi connectivity index (χ4n) is 3.42. The van der Waals surface area contributed by atoms with Crippen LogP contribution in [0.5, 0.6) is 5.75 Å². The predicted octanol–water partition coefficient (Wildman–Crippen LogP) is 6.25. The number of hydrogen-bond acceptors (Lipinski definition) is 3. The summed E-state index contributed by atoms with van der Waals surface area (Å²) in [5.41, 5.74) is 2.97. The summed E-state index contributed by atoms with van der Waals surface area (Å²) in [6.07, 6.45) is 2.43. The quantitative estimate of drug-likeness (QED) is 0.509. The Morgan fingerprint density at radius 2 is 1.90 bits per heavy atom. The highest BCUT2D eigenvalue weighted by atomic mass is 19.4. The molecule has 1 aromatic heterocycles. The van der Waals surface area contributed by atoms with Crippen LogP contribution in [0.4, 0.5) is 13.2 Å². The summed E-state index contributed by atoms with van der Waals surface area (Å²) in [6, 6.07) is 10.8. The summed E-state index contributed by atoms with van der Waals surface area (Å²) >= 11 is 0. The average molecular weight is 399 g/mol. The number of aryl methyl sites for hydroxylation is 1. The second kappa shape index (κ2) is 7.78. The van der Waals surface area contributed by atoms with Gasteiger partial charge in [-0.25, -0.2) is 4.98 Å². The third-order valence-electron chi connectivity index (χ3n) is 4.98. The molecular formula is C23H20F3NO2. The number of oxazole rings is 1. The van der Waals surface area contributed by atoms with E-state index in [0.717, 1.165) is 36.4 Å². The van der Waals surface area contributed by atoms with Gasteiger partial charge in [0.1, 0.15) is 11.5 Å². The average Bonchev–Trinajstić information content (AvgIpc) is 3.08. The Labute approximate surface area is 166 Å². The molecule has 3 nitrogen and oxygen atoms in total. The molecule has 0 radical (unpaired) electrons. The number of aromatic nitrogens is 1. The number of ether oxygens (including phenoxy) is 1. The molecule has 0 aliphatic heterocycles. The van der Waals surface area contributed by atoms with Gasteiger partial charge in [-0.15, -0.1) is 0 Å². The van der Waals surface area contributed by atoms with E-state index in [9.17, 15) is 13.2 Å². The minimum Gasteiger partial charge on any atom is -0.493 e. The zero-order valence-corrected chi connectivity index (χ0v) is 15.9. The van der Waals surface area contributed by atoms with E-state index in [1.165, 1.54) is 23.3 Å². The molecule has 2 aromatic carbocycles. The molecule has 0 saturated carbocycles. The standard InChI is InChI=1S/C23H20F3NO2/c1-15-20(13-14-28-21-8-4-6-16-5-2-3-7-19(16)21)27-22(29-15)17-9-11-18(12-10-17)23(24,25)26/h2,4-6,8-12H,3,7,13-14H2,1H3. The maximum Gasteiger partial charge on any atom is 0.416 e. The third-order valence-corrected chi connectivity index (χ3v) is 4.98. The Balaban J connectivity index is 1.44. The molecule has 29 heavy (non-hydrogen) atoms. The van der Waals surface area contributed by atoms with Crippen molar-refractivity contribution in [3.8, 4) is 17.2 Å². The third kappa shape index (κ3) is 4.21. The number of nitrogens with zero attached hydrogens (tertiary/aromatic N) is 1. The first-order valence-corrected chi connectivity index (χ1v) is 9.47. The van der Waals surface area contributed by atoms with Gasteiger partial charge in [-0.1, -0.05) is 24.3 Å². The van der Waals surface area contributed by atoms with Crippen LogP contribution < -0.4 is 4.74 Å². The van der Waals surface area contributed by atoms with Crippen LogP contribution in [0.15, 0.2) is 53.0 Å². The molecule has 6 heteroatoms. The van der Waals surface area contributed by atoms with Crippen LogP contribution in [-0.2, 0) is 19.0 Å². The van der Waals surface area contributed by atoms with Crippen molar-refractivity contribution in [1.82, 2.24) is 4.98 Å². The molecule has 0 spiro atoms. The van der Waals surface area contributed by atoms with Crippen LogP contribution >= 0.6 is 0 Å². The van der Waals surface area contributed by atoms with Gasteiger partial charge >= 0.3 is 6.18 Å². The van der Waals surface area contributed by atoms with E-state index in [1.807, 2.05) is 12.1 Å². The van der Waals surface area contributed by atoms with Crippen molar-refractivity contribution in [2.75, 3.05) is 6.61 Å². The first-order chi connectivity index (χ1) is 13.9. The van der Waals surface area contributed by atoms with Gasteiger partial charge in [0.25, 0.3) is 0 Å². The van der Waals surface area contributed by atoms with E-state index in [2.05, 4.69) is 23.2 Å². The molecule has 0 saturated heterocycles. The Morgan fingerprint density at radius 3 is 2.66 bits per heavy atom. The van der Waals surface area contributed by atoms with E-state index in [-0.39, 0.29) is 0 Å². The fourth-order valence-corrected chi connectivity index (χ4v) is 3.42. The Hall–Kier alpha value is -3.02. The van der Waals surface area contributed by atoms with Crippen LogP contribution in [0.3, 0.4) is 0 Å². The van der Waals surface area contributed by atoms with Crippen molar-refractivity contribution in [2.24, 2.45) is 0 Å². The van der Waals surface area contributed by atoms with Crippen LogP contribution in [0.2, 0.25) is 0 Å². The second-order valence-electron chi connectivity index (χ2n) is 6.96. The number of fused-ring (bicyclic) bond motifs is 1. The molecule has 150 valence electrons. The van der Waals surface area contributed by atoms with Gasteiger partial charge in [0.2, 0.25) is 5.89 Å². The van der Waals surface area contributed by atoms with Gasteiger partial charge in [-0.2, -0.15) is 13.2 Å². The van der Waals surface area contributed by atoms with Crippen LogP contribution in [-0.4, -0.2) is 11.6 Å². The lowest BCUT2D eigenvalue weighted by Gasteiger charge is -2.15. The lowest BCUT2D eigenvalue weighted by molar-refractivity contribution is -0.137. The molecule has 4 rings (SSSR count). The number of alkyl halides is 3. The van der Waals surface area contributed by atoms with Gasteiger partial charge in [0, 0.05) is 17.5 Å². The minimum atomic E-state index is -4.36. The molecule has 0 unspecified atom stereocenters. The lowest BCUT2D eigenvalue weighted by atomic mass is 9.97. The van der Waals surface area contributed by atoms with Gasteiger partial charge in [0.15, 0.2) is 0 Å². The summed E-state index contributed by atoms with van der Waals surface area (Å²) in [5.74, 6) is 1.84. The van der Waals surface area contributed by atoms with E-state index in [0.29, 0.717) is 30.2 Å². The highest BCUT2D eigenvalue weighted by molar-refractivity contribution is 5.60. The summed E-state index contributed by atoms with van der Waals surface area (Å²) < 4.78 is 49.8. The Morgan fingerprint density at radius 1 is 1.10 bits per heavy atom. The zero-order chi connectivity index (χ0) is 20.4. The number of allylic oxidation sites excluding steroid dienone is 1. The number of benzene rings is 2. The normalized spacial score (nSPS) is 13.4. The van der Waals surface area contributed by atoms with Crippen LogP contribution in [0, 0.1) is 6.92 Å². The van der Waals surface area contributed by atoms with Gasteiger partial charge in [0.05, 0.1) is 17.9 Å². The molecule has 0 fully saturated rings. The first-order valence-electron chi connectivity index (χ1n) is 9.47. The first kappa shape index (κ1) is 19.3. The Kier molecular flexibility index (Phi) is 5.18. The summed E-state index contributed by atoms with van der Waals surface area (Å²) in [6.45, 7) is 2.24. The zero-order valence-electron chi connectivity index (χ0n) is 15.9. The number of halogens is 3. The van der Waals surface area contributed by atoms with Crippen molar-refractivity contribution >= 4 is 6.08 Å². The minimum absolute atomic E-state index is 0.313. The van der Waals surface area contributed by atoms with Crippen molar-refractivity contribution in [2.45, 2.75) is 32.4 Å². The lowest BCUT2D eigenvalue weighted by Crippen LogP contribution is -2.06. The summed E-state index contributed by atoms with van der Waals surface area (Å²) in [5, 5.41) is 0. The molecule has 1 aliphatic rings. The molecule has 1 heterocycles. The monoisotopic (exact) mass is 399 g/mol. The van der Waals surface area contributed by atoms with Crippen molar-refractivity contribution in [3.05, 3.63) is 76.7 Å². The molecule has 0 N–H and O–H groups in total. The van der Waals surface area contributed by atoms with Gasteiger partial charge in [-0.05, 0) is 55.7 Å². The van der Waals surface area contributed by atoms with E-state index in [4.69, 9.17) is 9.15 Å². The molecule has 0 amide bonds. The molecule has 1 aliphatic carbocycles. The maximum atomic E-state index is 12.7. The van der Waals surface area contributed by atoms with E-state index in [1.54, 1.807) is 6.92 Å². The van der Waals surface area contributed by atoms with Gasteiger partial charge < -0.3 is 9.15 Å². The molecular weight excluding hydrogens is 379 g/mol.